The number of hydrogen-bond donors (Lipinski definition) is 1. The molecule has 36 heavy (non-hydrogen) atoms. The molecule has 1 atom stereocenters. The molecule has 188 valence electrons. The summed E-state index contributed by atoms with van der Waals surface area (Å²) in [6, 6.07) is 5.06. The molecule has 1 saturated heterocycles. The van der Waals surface area contributed by atoms with E-state index >= 15 is 4.39 Å². The van der Waals surface area contributed by atoms with Crippen molar-refractivity contribution < 1.29 is 13.9 Å². The van der Waals surface area contributed by atoms with Crippen molar-refractivity contribution in [1.29, 1.82) is 0 Å². The van der Waals surface area contributed by atoms with Gasteiger partial charge in [0.25, 0.3) is 0 Å². The number of rotatable bonds is 6. The molecule has 10 heteroatoms. The predicted molar refractivity (Wildman–Crippen MR) is 140 cm³/mol. The van der Waals surface area contributed by atoms with Crippen LogP contribution in [-0.4, -0.2) is 40.4 Å². The van der Waals surface area contributed by atoms with Crippen LogP contribution in [0.1, 0.15) is 38.1 Å². The van der Waals surface area contributed by atoms with Gasteiger partial charge in [-0.05, 0) is 31.4 Å². The molecule has 7 nitrogen and oxygen atoms in total. The molecule has 1 fully saturated rings. The Labute approximate surface area is 218 Å². The maximum Gasteiger partial charge on any atom is 0.166 e. The molecule has 0 saturated carbocycles. The molecule has 3 aromatic heterocycles. The van der Waals surface area contributed by atoms with Gasteiger partial charge < -0.3 is 14.4 Å². The third-order valence-electron chi connectivity index (χ3n) is 6.37. The average Bonchev–Trinajstić information content (AvgIpc) is 3.22. The Morgan fingerprint density at radius 2 is 1.86 bits per heavy atom. The first kappa shape index (κ1) is 24.6. The number of aryl methyl sites for hydroxylation is 1. The molecule has 0 amide bonds. The minimum Gasteiger partial charge on any atom is -0.493 e. The molecule has 1 aliphatic heterocycles. The number of aromatic amines is 1. The summed E-state index contributed by atoms with van der Waals surface area (Å²) in [4.78, 5) is 10.5. The largest absolute Gasteiger partial charge is 0.493 e. The second-order valence-electron chi connectivity index (χ2n) is 9.85. The van der Waals surface area contributed by atoms with Crippen LogP contribution in [0.3, 0.4) is 0 Å². The van der Waals surface area contributed by atoms with E-state index in [0.717, 1.165) is 18.5 Å². The number of anilines is 1. The van der Waals surface area contributed by atoms with Crippen molar-refractivity contribution >= 4 is 39.9 Å². The van der Waals surface area contributed by atoms with Gasteiger partial charge in [0.05, 0.1) is 28.4 Å². The van der Waals surface area contributed by atoms with Crippen molar-refractivity contribution in [3.63, 3.8) is 0 Å². The van der Waals surface area contributed by atoms with Crippen molar-refractivity contribution in [2.24, 2.45) is 5.41 Å². The van der Waals surface area contributed by atoms with Crippen LogP contribution >= 0.6 is 23.2 Å². The predicted octanol–water partition coefficient (Wildman–Crippen LogP) is 6.77. The first-order valence-corrected chi connectivity index (χ1v) is 12.3. The first-order chi connectivity index (χ1) is 17.1. The summed E-state index contributed by atoms with van der Waals surface area (Å²) in [7, 11) is 1.56. The lowest BCUT2D eigenvalue weighted by molar-refractivity contribution is 0.216. The summed E-state index contributed by atoms with van der Waals surface area (Å²) in [6.45, 7) is 9.50. The molecule has 0 aliphatic carbocycles. The smallest absolute Gasteiger partial charge is 0.166 e. The highest BCUT2D eigenvalue weighted by Crippen LogP contribution is 2.41. The van der Waals surface area contributed by atoms with Crippen molar-refractivity contribution in [3.8, 4) is 22.8 Å². The molecule has 1 N–H and O–H groups in total. The number of nitrogens with one attached hydrogen (secondary N) is 1. The topological polar surface area (TPSA) is 76.2 Å². The van der Waals surface area contributed by atoms with E-state index in [0.29, 0.717) is 55.4 Å². The Hall–Kier alpha value is -3.10. The van der Waals surface area contributed by atoms with E-state index in [4.69, 9.17) is 32.7 Å². The summed E-state index contributed by atoms with van der Waals surface area (Å²) in [5, 5.41) is 9.02. The summed E-state index contributed by atoms with van der Waals surface area (Å²) < 4.78 is 26.8. The Morgan fingerprint density at radius 3 is 2.53 bits per heavy atom. The van der Waals surface area contributed by atoms with E-state index in [1.165, 1.54) is 6.07 Å². The van der Waals surface area contributed by atoms with E-state index in [1.54, 1.807) is 32.5 Å². The van der Waals surface area contributed by atoms with Crippen LogP contribution in [0.4, 0.5) is 10.2 Å². The molecule has 0 unspecified atom stereocenters. The number of pyridine rings is 2. The number of fused-ring (bicyclic) bond motifs is 1. The third kappa shape index (κ3) is 4.33. The van der Waals surface area contributed by atoms with Gasteiger partial charge in [-0.25, -0.2) is 9.37 Å². The van der Waals surface area contributed by atoms with Gasteiger partial charge in [0, 0.05) is 48.1 Å². The minimum atomic E-state index is -0.493. The lowest BCUT2D eigenvalue weighted by atomic mass is 9.84. The number of methoxy groups -OCH3 is 1. The van der Waals surface area contributed by atoms with Crippen LogP contribution in [0.2, 0.25) is 10.0 Å². The van der Waals surface area contributed by atoms with E-state index in [1.807, 2.05) is 17.9 Å². The van der Waals surface area contributed by atoms with E-state index < -0.39 is 6.10 Å². The minimum absolute atomic E-state index is 0.168. The highest BCUT2D eigenvalue weighted by Gasteiger charge is 2.36. The SMILES string of the molecule is COc1cc2[nH]nc(-c3cnc(N4CC(C)(C)C4)c(F)c3)c2cc1O[C@H](C)c1c(Cl)cnc(C)c1Cl. The molecule has 1 aliphatic rings. The number of hydrogen-bond acceptors (Lipinski definition) is 6. The number of ether oxygens (including phenoxy) is 2. The van der Waals surface area contributed by atoms with Gasteiger partial charge in [-0.3, -0.25) is 10.1 Å². The molecule has 0 bridgehead atoms. The van der Waals surface area contributed by atoms with Gasteiger partial charge in [0.2, 0.25) is 0 Å². The van der Waals surface area contributed by atoms with Crippen LogP contribution in [0.15, 0.2) is 30.6 Å². The Kier molecular flexibility index (Phi) is 6.21. The fourth-order valence-electron chi connectivity index (χ4n) is 4.63. The van der Waals surface area contributed by atoms with Gasteiger partial charge in [-0.2, -0.15) is 5.10 Å². The second kappa shape index (κ2) is 9.09. The van der Waals surface area contributed by atoms with Crippen molar-refractivity contribution in [3.05, 3.63) is 57.7 Å². The number of nitrogens with zero attached hydrogens (tertiary/aromatic N) is 4. The zero-order chi connectivity index (χ0) is 25.8. The Morgan fingerprint density at radius 1 is 1.11 bits per heavy atom. The third-order valence-corrected chi connectivity index (χ3v) is 7.15. The number of benzene rings is 1. The summed E-state index contributed by atoms with van der Waals surface area (Å²) >= 11 is 12.9. The average molecular weight is 530 g/mol. The highest BCUT2D eigenvalue weighted by molar-refractivity contribution is 6.36. The van der Waals surface area contributed by atoms with Crippen molar-refractivity contribution in [2.75, 3.05) is 25.1 Å². The lowest BCUT2D eigenvalue weighted by Gasteiger charge is -2.46. The monoisotopic (exact) mass is 529 g/mol. The molecule has 5 rings (SSSR count). The van der Waals surface area contributed by atoms with E-state index in [9.17, 15) is 0 Å². The maximum atomic E-state index is 15.0. The van der Waals surface area contributed by atoms with Crippen LogP contribution < -0.4 is 14.4 Å². The van der Waals surface area contributed by atoms with Gasteiger partial charge in [0.15, 0.2) is 23.1 Å². The normalized spacial score (nSPS) is 15.6. The quantitative estimate of drug-likeness (QED) is 0.297. The molecule has 0 spiro atoms. The highest BCUT2D eigenvalue weighted by atomic mass is 35.5. The zero-order valence-corrected chi connectivity index (χ0v) is 22.1. The van der Waals surface area contributed by atoms with E-state index in [2.05, 4.69) is 34.0 Å². The van der Waals surface area contributed by atoms with Gasteiger partial charge in [0.1, 0.15) is 11.8 Å². The fourth-order valence-corrected chi connectivity index (χ4v) is 5.28. The summed E-state index contributed by atoms with van der Waals surface area (Å²) in [5.74, 6) is 0.950. The maximum absolute atomic E-state index is 15.0. The molecule has 4 heterocycles. The van der Waals surface area contributed by atoms with Crippen LogP contribution in [0, 0.1) is 18.2 Å². The molecule has 0 radical (unpaired) electrons. The zero-order valence-electron chi connectivity index (χ0n) is 20.6. The number of halogens is 3. The fraction of sp³-hybridized carbons (Fsp3) is 0.346. The van der Waals surface area contributed by atoms with Crippen LogP contribution in [0.25, 0.3) is 22.2 Å². The van der Waals surface area contributed by atoms with Crippen molar-refractivity contribution in [2.45, 2.75) is 33.8 Å². The first-order valence-electron chi connectivity index (χ1n) is 11.5. The van der Waals surface area contributed by atoms with Gasteiger partial charge in [-0.1, -0.05) is 37.0 Å². The second-order valence-corrected chi connectivity index (χ2v) is 10.6. The van der Waals surface area contributed by atoms with Crippen LogP contribution in [0.5, 0.6) is 11.5 Å². The molecular weight excluding hydrogens is 504 g/mol. The molecule has 1 aromatic carbocycles. The summed E-state index contributed by atoms with van der Waals surface area (Å²) in [5.41, 5.74) is 3.29. The number of aromatic nitrogens is 4. The Bertz CT molecular complexity index is 1460. The van der Waals surface area contributed by atoms with Crippen LogP contribution in [-0.2, 0) is 0 Å². The summed E-state index contributed by atoms with van der Waals surface area (Å²) in [6.07, 6.45) is 2.71. The molecular formula is C26H26Cl2FN5O2. The van der Waals surface area contributed by atoms with Gasteiger partial charge >= 0.3 is 0 Å². The lowest BCUT2D eigenvalue weighted by Crippen LogP contribution is -2.53. The van der Waals surface area contributed by atoms with Gasteiger partial charge in [-0.15, -0.1) is 0 Å². The molecule has 4 aromatic rings. The number of H-pyrrole nitrogens is 1. The Balaban J connectivity index is 1.50. The van der Waals surface area contributed by atoms with E-state index in [-0.39, 0.29) is 11.2 Å². The standard InChI is InChI=1S/C26H26Cl2FN5O2/c1-13-23(28)22(17(27)10-30-13)14(2)36-21-7-16-19(8-20(21)35-5)32-33-24(16)15-6-18(29)25(31-9-15)34-11-26(3,4)12-34/h6-10,14H,11-12H2,1-5H3,(H,32,33)/t14-/m1/s1. The van der Waals surface area contributed by atoms with Crippen molar-refractivity contribution in [1.82, 2.24) is 20.2 Å².